The van der Waals surface area contributed by atoms with Crippen molar-refractivity contribution in [2.75, 3.05) is 6.54 Å². The van der Waals surface area contributed by atoms with E-state index in [0.29, 0.717) is 25.1 Å². The Labute approximate surface area is 149 Å². The molecule has 11 heteroatoms. The molecule has 0 saturated carbocycles. The minimum atomic E-state index is -1.20. The van der Waals surface area contributed by atoms with E-state index in [9.17, 15) is 24.3 Å². The van der Waals surface area contributed by atoms with E-state index < -0.39 is 41.8 Å². The Morgan fingerprint density at radius 3 is 2.73 bits per heavy atom. The number of carbonyl (C=O) groups is 4. The Kier molecular flexibility index (Phi) is 6.28. The van der Waals surface area contributed by atoms with Crippen molar-refractivity contribution in [3.05, 3.63) is 18.2 Å². The van der Waals surface area contributed by atoms with Crippen LogP contribution in [-0.2, 0) is 25.6 Å². The minimum Gasteiger partial charge on any atom is -0.480 e. The summed E-state index contributed by atoms with van der Waals surface area (Å²) < 4.78 is 0. The number of carboxylic acid groups (broad SMARTS) is 1. The number of nitrogens with zero attached hydrogens (tertiary/aromatic N) is 2. The van der Waals surface area contributed by atoms with Crippen molar-refractivity contribution in [1.29, 1.82) is 0 Å². The Bertz CT molecular complexity index is 676. The van der Waals surface area contributed by atoms with E-state index in [0.717, 1.165) is 0 Å². The van der Waals surface area contributed by atoms with Gasteiger partial charge in [-0.05, 0) is 12.8 Å². The van der Waals surface area contributed by atoms with Crippen molar-refractivity contribution in [3.8, 4) is 0 Å². The number of nitrogens with one attached hydrogen (secondary N) is 2. The van der Waals surface area contributed by atoms with Crippen LogP contribution in [-0.4, -0.2) is 68.3 Å². The fourth-order valence-electron chi connectivity index (χ4n) is 2.90. The molecular formula is C15H22N6O5. The number of carboxylic acids is 1. The predicted octanol–water partition coefficient (Wildman–Crippen LogP) is -2.28. The number of H-pyrrole nitrogens is 1. The van der Waals surface area contributed by atoms with Crippen LogP contribution in [0.25, 0.3) is 0 Å². The van der Waals surface area contributed by atoms with Gasteiger partial charge in [-0.15, -0.1) is 0 Å². The summed E-state index contributed by atoms with van der Waals surface area (Å²) in [5, 5.41) is 11.8. The first-order valence-electron chi connectivity index (χ1n) is 8.14. The number of likely N-dealkylation sites (tertiary alicyclic amines) is 1. The zero-order valence-corrected chi connectivity index (χ0v) is 14.1. The van der Waals surface area contributed by atoms with Gasteiger partial charge in [0.2, 0.25) is 17.7 Å². The topological polar surface area (TPSA) is 184 Å². The predicted molar refractivity (Wildman–Crippen MR) is 88.4 cm³/mol. The molecule has 142 valence electrons. The number of hydrogen-bond donors (Lipinski definition) is 5. The number of amides is 3. The molecule has 1 aliphatic rings. The molecule has 2 heterocycles. The molecule has 2 rings (SSSR count). The van der Waals surface area contributed by atoms with Crippen LogP contribution in [0.5, 0.6) is 0 Å². The average Bonchev–Trinajstić information content (AvgIpc) is 3.24. The van der Waals surface area contributed by atoms with Gasteiger partial charge >= 0.3 is 5.97 Å². The van der Waals surface area contributed by atoms with Crippen LogP contribution in [0, 0.1) is 0 Å². The highest BCUT2D eigenvalue weighted by Crippen LogP contribution is 2.19. The number of aromatic amines is 1. The third-order valence-electron chi connectivity index (χ3n) is 4.17. The van der Waals surface area contributed by atoms with Gasteiger partial charge in [0.05, 0.1) is 18.8 Å². The zero-order valence-electron chi connectivity index (χ0n) is 14.1. The number of aliphatic carboxylic acids is 1. The molecule has 26 heavy (non-hydrogen) atoms. The van der Waals surface area contributed by atoms with Crippen molar-refractivity contribution >= 4 is 23.7 Å². The van der Waals surface area contributed by atoms with Crippen LogP contribution in [0.4, 0.5) is 0 Å². The highest BCUT2D eigenvalue weighted by atomic mass is 16.4. The minimum absolute atomic E-state index is 0.0307. The van der Waals surface area contributed by atoms with E-state index in [1.807, 2.05) is 0 Å². The van der Waals surface area contributed by atoms with Crippen molar-refractivity contribution in [2.45, 2.75) is 43.8 Å². The van der Waals surface area contributed by atoms with Gasteiger partial charge in [-0.25, -0.2) is 9.78 Å². The maximum absolute atomic E-state index is 12.5. The first kappa shape index (κ1) is 19.4. The van der Waals surface area contributed by atoms with Gasteiger partial charge in [0, 0.05) is 24.9 Å². The lowest BCUT2D eigenvalue weighted by atomic mass is 10.1. The van der Waals surface area contributed by atoms with Crippen molar-refractivity contribution in [3.63, 3.8) is 0 Å². The first-order valence-corrected chi connectivity index (χ1v) is 8.14. The number of aromatic nitrogens is 2. The van der Waals surface area contributed by atoms with Gasteiger partial charge in [0.25, 0.3) is 0 Å². The van der Waals surface area contributed by atoms with Crippen LogP contribution in [0.3, 0.4) is 0 Å². The maximum atomic E-state index is 12.5. The lowest BCUT2D eigenvalue weighted by Crippen LogP contribution is -2.54. The largest absolute Gasteiger partial charge is 0.480 e. The monoisotopic (exact) mass is 366 g/mol. The maximum Gasteiger partial charge on any atom is 0.326 e. The standard InChI is InChI=1S/C15H22N6O5/c16-9(5-12(17)22)14(24)21-3-1-2-11(21)13(23)20-10(15(25)26)4-8-6-18-7-19-8/h6-7,9-11H,1-5,16H2,(H2,17,22)(H,18,19)(H,20,23)(H,25,26)/t9-,10-,11-/m0/s1. The van der Waals surface area contributed by atoms with Crippen molar-refractivity contribution in [2.24, 2.45) is 11.5 Å². The van der Waals surface area contributed by atoms with Gasteiger partial charge in [-0.3, -0.25) is 14.4 Å². The second-order valence-electron chi connectivity index (χ2n) is 6.15. The fourth-order valence-corrected chi connectivity index (χ4v) is 2.90. The smallest absolute Gasteiger partial charge is 0.326 e. The van der Waals surface area contributed by atoms with Gasteiger partial charge in [-0.2, -0.15) is 0 Å². The summed E-state index contributed by atoms with van der Waals surface area (Å²) in [7, 11) is 0. The van der Waals surface area contributed by atoms with E-state index in [2.05, 4.69) is 15.3 Å². The summed E-state index contributed by atoms with van der Waals surface area (Å²) in [5.41, 5.74) is 11.3. The third-order valence-corrected chi connectivity index (χ3v) is 4.17. The number of carbonyl (C=O) groups excluding carboxylic acids is 3. The Morgan fingerprint density at radius 2 is 2.15 bits per heavy atom. The number of hydrogen-bond acceptors (Lipinski definition) is 6. The molecule has 0 unspecified atom stereocenters. The summed E-state index contributed by atoms with van der Waals surface area (Å²) in [5.74, 6) is -3.04. The zero-order chi connectivity index (χ0) is 19.3. The number of rotatable bonds is 8. The van der Waals surface area contributed by atoms with E-state index >= 15 is 0 Å². The first-order chi connectivity index (χ1) is 12.3. The van der Waals surface area contributed by atoms with E-state index in [-0.39, 0.29) is 12.8 Å². The summed E-state index contributed by atoms with van der Waals surface area (Å²) in [6, 6.07) is -3.12. The Morgan fingerprint density at radius 1 is 1.42 bits per heavy atom. The van der Waals surface area contributed by atoms with Crippen LogP contribution < -0.4 is 16.8 Å². The van der Waals surface area contributed by atoms with Crippen LogP contribution in [0.15, 0.2) is 12.5 Å². The molecule has 1 fully saturated rings. The molecule has 1 aromatic heterocycles. The fraction of sp³-hybridized carbons (Fsp3) is 0.533. The second-order valence-corrected chi connectivity index (χ2v) is 6.15. The Hall–Kier alpha value is -2.95. The summed E-state index contributed by atoms with van der Waals surface area (Å²) >= 11 is 0. The summed E-state index contributed by atoms with van der Waals surface area (Å²) in [6.07, 6.45) is 3.55. The SMILES string of the molecule is NC(=O)C[C@H](N)C(=O)N1CCC[C@H]1C(=O)N[C@@H](Cc1cnc[nH]1)C(=O)O. The van der Waals surface area contributed by atoms with E-state index in [1.54, 1.807) is 0 Å². The van der Waals surface area contributed by atoms with Gasteiger partial charge < -0.3 is 31.8 Å². The van der Waals surface area contributed by atoms with Gasteiger partial charge in [-0.1, -0.05) is 0 Å². The molecule has 0 aliphatic carbocycles. The lowest BCUT2D eigenvalue weighted by molar-refractivity contribution is -0.144. The summed E-state index contributed by atoms with van der Waals surface area (Å²) in [6.45, 7) is 0.307. The molecule has 3 amide bonds. The normalized spacial score (nSPS) is 19.0. The average molecular weight is 366 g/mol. The number of primary amides is 1. The molecule has 0 spiro atoms. The van der Waals surface area contributed by atoms with Gasteiger partial charge in [0.1, 0.15) is 12.1 Å². The number of nitrogens with two attached hydrogens (primary N) is 2. The highest BCUT2D eigenvalue weighted by molar-refractivity contribution is 5.93. The molecular weight excluding hydrogens is 344 g/mol. The molecule has 1 saturated heterocycles. The molecule has 0 radical (unpaired) electrons. The van der Waals surface area contributed by atoms with Crippen molar-refractivity contribution < 1.29 is 24.3 Å². The Balaban J connectivity index is 2.02. The molecule has 0 bridgehead atoms. The second kappa shape index (κ2) is 8.43. The molecule has 11 nitrogen and oxygen atoms in total. The molecule has 1 aliphatic heterocycles. The highest BCUT2D eigenvalue weighted by Gasteiger charge is 2.37. The molecule has 0 aromatic carbocycles. The van der Waals surface area contributed by atoms with E-state index in [1.165, 1.54) is 17.4 Å². The van der Waals surface area contributed by atoms with Crippen molar-refractivity contribution in [1.82, 2.24) is 20.2 Å². The quantitative estimate of drug-likeness (QED) is 0.343. The van der Waals surface area contributed by atoms with Gasteiger partial charge in [0.15, 0.2) is 0 Å². The lowest BCUT2D eigenvalue weighted by Gasteiger charge is -2.27. The molecule has 7 N–H and O–H groups in total. The van der Waals surface area contributed by atoms with Crippen LogP contribution in [0.2, 0.25) is 0 Å². The molecule has 3 atom stereocenters. The third kappa shape index (κ3) is 4.79. The van der Waals surface area contributed by atoms with Crippen LogP contribution in [0.1, 0.15) is 25.0 Å². The molecule has 1 aromatic rings. The number of imidazole rings is 1. The van der Waals surface area contributed by atoms with Crippen LogP contribution >= 0.6 is 0 Å². The summed E-state index contributed by atoms with van der Waals surface area (Å²) in [4.78, 5) is 55.1. The van der Waals surface area contributed by atoms with E-state index in [4.69, 9.17) is 11.5 Å².